The second-order valence-corrected chi connectivity index (χ2v) is 3.62. The molecule has 0 radical (unpaired) electrons. The number of rotatable bonds is 6. The molecule has 0 saturated carbocycles. The van der Waals surface area contributed by atoms with Crippen LogP contribution in [0.4, 0.5) is 0 Å². The molecule has 0 saturated heterocycles. The summed E-state index contributed by atoms with van der Waals surface area (Å²) in [4.78, 5) is 4.37. The van der Waals surface area contributed by atoms with Gasteiger partial charge in [-0.3, -0.25) is 4.99 Å². The third kappa shape index (κ3) is 7.78. The maximum absolute atomic E-state index is 5.36. The molecule has 0 atom stereocenters. The van der Waals surface area contributed by atoms with Crippen molar-refractivity contribution >= 4 is 5.84 Å². The highest BCUT2D eigenvalue weighted by atomic mass is 15.2. The van der Waals surface area contributed by atoms with Crippen LogP contribution in [0.2, 0.25) is 0 Å². The Hall–Kier alpha value is -0.570. The Morgan fingerprint density at radius 1 is 1.31 bits per heavy atom. The Morgan fingerprint density at radius 2 is 2.00 bits per heavy atom. The van der Waals surface area contributed by atoms with Crippen LogP contribution < -0.4 is 11.3 Å². The van der Waals surface area contributed by atoms with E-state index in [2.05, 4.69) is 31.2 Å². The van der Waals surface area contributed by atoms with E-state index in [9.17, 15) is 0 Å². The fraction of sp³-hybridized carbons (Fsp3) is 0.900. The highest BCUT2D eigenvalue weighted by Crippen LogP contribution is 2.03. The molecule has 0 rings (SSSR count). The van der Waals surface area contributed by atoms with Gasteiger partial charge < -0.3 is 5.43 Å². The molecule has 0 aliphatic rings. The lowest BCUT2D eigenvalue weighted by molar-refractivity contribution is 0.672. The molecule has 0 aliphatic carbocycles. The highest BCUT2D eigenvalue weighted by Gasteiger charge is 1.97. The van der Waals surface area contributed by atoms with Crippen LogP contribution in [0.5, 0.6) is 0 Å². The van der Waals surface area contributed by atoms with E-state index in [1.54, 1.807) is 0 Å². The lowest BCUT2D eigenvalue weighted by Gasteiger charge is -2.06. The lowest BCUT2D eigenvalue weighted by atomic mass is 10.1. The van der Waals surface area contributed by atoms with E-state index in [0.29, 0.717) is 6.04 Å². The average molecular weight is 185 g/mol. The summed E-state index contributed by atoms with van der Waals surface area (Å²) >= 11 is 0. The van der Waals surface area contributed by atoms with Crippen molar-refractivity contribution in [3.05, 3.63) is 0 Å². The first-order valence-electron chi connectivity index (χ1n) is 5.24. The standard InChI is InChI=1S/C10H23N3/c1-4-5-6-7-8-10(13-11)12-9(2)3/h9H,4-8,11H2,1-3H3,(H,12,13). The summed E-state index contributed by atoms with van der Waals surface area (Å²) in [5.41, 5.74) is 2.66. The molecule has 0 spiro atoms. The molecule has 0 aromatic carbocycles. The van der Waals surface area contributed by atoms with E-state index in [0.717, 1.165) is 12.3 Å². The smallest absolute Gasteiger partial charge is 0.111 e. The zero-order valence-corrected chi connectivity index (χ0v) is 9.14. The first-order chi connectivity index (χ1) is 6.20. The summed E-state index contributed by atoms with van der Waals surface area (Å²) in [5.74, 6) is 6.29. The van der Waals surface area contributed by atoms with Crippen molar-refractivity contribution in [2.45, 2.75) is 58.9 Å². The van der Waals surface area contributed by atoms with Gasteiger partial charge in [0.15, 0.2) is 0 Å². The van der Waals surface area contributed by atoms with Crippen molar-refractivity contribution in [3.63, 3.8) is 0 Å². The third-order valence-electron chi connectivity index (χ3n) is 1.85. The van der Waals surface area contributed by atoms with Crippen LogP contribution in [0.15, 0.2) is 4.99 Å². The molecular formula is C10H23N3. The van der Waals surface area contributed by atoms with Crippen LogP contribution in [0.1, 0.15) is 52.9 Å². The molecule has 13 heavy (non-hydrogen) atoms. The summed E-state index contributed by atoms with van der Waals surface area (Å²) < 4.78 is 0. The maximum atomic E-state index is 5.36. The second kappa shape index (κ2) is 8.05. The minimum Gasteiger partial charge on any atom is -0.312 e. The van der Waals surface area contributed by atoms with Crippen molar-refractivity contribution in [1.82, 2.24) is 5.43 Å². The Labute approximate surface area is 81.8 Å². The fourth-order valence-corrected chi connectivity index (χ4v) is 1.20. The number of aliphatic imine (C=N–C) groups is 1. The molecule has 0 aliphatic heterocycles. The SMILES string of the molecule is CCCCCCC(=NC(C)C)NN. The summed E-state index contributed by atoms with van der Waals surface area (Å²) in [6.45, 7) is 6.33. The fourth-order valence-electron chi connectivity index (χ4n) is 1.20. The first kappa shape index (κ1) is 12.4. The largest absolute Gasteiger partial charge is 0.312 e. The summed E-state index contributed by atoms with van der Waals surface area (Å²) in [6, 6.07) is 0.331. The maximum Gasteiger partial charge on any atom is 0.111 e. The van der Waals surface area contributed by atoms with Gasteiger partial charge in [0.1, 0.15) is 5.84 Å². The number of unbranched alkanes of at least 4 members (excludes halogenated alkanes) is 3. The van der Waals surface area contributed by atoms with Crippen molar-refractivity contribution < 1.29 is 0 Å². The van der Waals surface area contributed by atoms with Gasteiger partial charge in [-0.1, -0.05) is 26.2 Å². The molecule has 78 valence electrons. The molecule has 0 fully saturated rings. The Bertz CT molecular complexity index is 141. The van der Waals surface area contributed by atoms with Crippen molar-refractivity contribution in [3.8, 4) is 0 Å². The van der Waals surface area contributed by atoms with Gasteiger partial charge in [-0.15, -0.1) is 0 Å². The van der Waals surface area contributed by atoms with Gasteiger partial charge >= 0.3 is 0 Å². The van der Waals surface area contributed by atoms with Crippen LogP contribution in [0.25, 0.3) is 0 Å². The number of hydrazine groups is 1. The van der Waals surface area contributed by atoms with Gasteiger partial charge in [-0.05, 0) is 20.3 Å². The third-order valence-corrected chi connectivity index (χ3v) is 1.85. The molecular weight excluding hydrogens is 162 g/mol. The summed E-state index contributed by atoms with van der Waals surface area (Å²) in [7, 11) is 0. The van der Waals surface area contributed by atoms with E-state index in [1.165, 1.54) is 25.7 Å². The van der Waals surface area contributed by atoms with Crippen molar-refractivity contribution in [2.75, 3.05) is 0 Å². The van der Waals surface area contributed by atoms with Crippen LogP contribution in [0.3, 0.4) is 0 Å². The molecule has 0 unspecified atom stereocenters. The van der Waals surface area contributed by atoms with Gasteiger partial charge in [0.25, 0.3) is 0 Å². The molecule has 0 amide bonds. The molecule has 0 bridgehead atoms. The second-order valence-electron chi connectivity index (χ2n) is 3.62. The number of hydrogen-bond acceptors (Lipinski definition) is 2. The summed E-state index contributed by atoms with van der Waals surface area (Å²) in [5, 5.41) is 0. The highest BCUT2D eigenvalue weighted by molar-refractivity contribution is 5.81. The zero-order valence-electron chi connectivity index (χ0n) is 9.14. The lowest BCUT2D eigenvalue weighted by Crippen LogP contribution is -2.31. The number of nitrogens with one attached hydrogen (secondary N) is 1. The van der Waals surface area contributed by atoms with E-state index >= 15 is 0 Å². The molecule has 0 aromatic heterocycles. The minimum absolute atomic E-state index is 0.331. The Morgan fingerprint density at radius 3 is 2.46 bits per heavy atom. The van der Waals surface area contributed by atoms with Crippen LogP contribution in [0, 0.1) is 0 Å². The quantitative estimate of drug-likeness (QED) is 0.219. The van der Waals surface area contributed by atoms with Gasteiger partial charge in [0.05, 0.1) is 0 Å². The summed E-state index contributed by atoms with van der Waals surface area (Å²) in [6.07, 6.45) is 6.01. The number of nitrogens with zero attached hydrogens (tertiary/aromatic N) is 1. The molecule has 3 nitrogen and oxygen atoms in total. The molecule has 3 N–H and O–H groups in total. The van der Waals surface area contributed by atoms with E-state index in [1.807, 2.05) is 0 Å². The zero-order chi connectivity index (χ0) is 10.1. The van der Waals surface area contributed by atoms with E-state index < -0.39 is 0 Å². The van der Waals surface area contributed by atoms with Crippen LogP contribution in [-0.4, -0.2) is 11.9 Å². The Balaban J connectivity index is 3.60. The topological polar surface area (TPSA) is 50.4 Å². The molecule has 3 heteroatoms. The van der Waals surface area contributed by atoms with Gasteiger partial charge in [-0.2, -0.15) is 0 Å². The average Bonchev–Trinajstić information content (AvgIpc) is 2.09. The first-order valence-corrected chi connectivity index (χ1v) is 5.24. The monoisotopic (exact) mass is 185 g/mol. The van der Waals surface area contributed by atoms with Gasteiger partial charge in [-0.25, -0.2) is 5.84 Å². The van der Waals surface area contributed by atoms with Crippen LogP contribution in [-0.2, 0) is 0 Å². The predicted molar refractivity (Wildman–Crippen MR) is 58.7 cm³/mol. The van der Waals surface area contributed by atoms with Crippen molar-refractivity contribution in [1.29, 1.82) is 0 Å². The number of amidine groups is 1. The van der Waals surface area contributed by atoms with E-state index in [-0.39, 0.29) is 0 Å². The molecule has 0 heterocycles. The van der Waals surface area contributed by atoms with E-state index in [4.69, 9.17) is 5.84 Å². The Kier molecular flexibility index (Phi) is 7.69. The predicted octanol–water partition coefficient (Wildman–Crippen LogP) is 2.23. The van der Waals surface area contributed by atoms with Gasteiger partial charge in [0, 0.05) is 12.5 Å². The number of nitrogens with two attached hydrogens (primary N) is 1. The normalized spacial score (nSPS) is 12.2. The van der Waals surface area contributed by atoms with Gasteiger partial charge in [0.2, 0.25) is 0 Å². The van der Waals surface area contributed by atoms with Crippen molar-refractivity contribution in [2.24, 2.45) is 10.8 Å². The van der Waals surface area contributed by atoms with Crippen LogP contribution >= 0.6 is 0 Å². The molecule has 0 aromatic rings. The number of hydrogen-bond donors (Lipinski definition) is 2. The minimum atomic E-state index is 0.331.